The molecule has 2 aliphatic carbocycles. The van der Waals surface area contributed by atoms with Crippen molar-refractivity contribution in [2.75, 3.05) is 0 Å². The van der Waals surface area contributed by atoms with E-state index in [9.17, 15) is 20.4 Å². The largest absolute Gasteiger partial charge is 0.504 e. The van der Waals surface area contributed by atoms with E-state index in [4.69, 9.17) is 0 Å². The van der Waals surface area contributed by atoms with Gasteiger partial charge in [0.2, 0.25) is 11.5 Å². The summed E-state index contributed by atoms with van der Waals surface area (Å²) in [5.74, 6) is -2.00. The fourth-order valence-corrected chi connectivity index (χ4v) is 6.50. The van der Waals surface area contributed by atoms with Gasteiger partial charge >= 0.3 is 0 Å². The number of hydrogen-bond acceptors (Lipinski definition) is 4. The second kappa shape index (κ2) is 8.42. The minimum Gasteiger partial charge on any atom is -0.504 e. The summed E-state index contributed by atoms with van der Waals surface area (Å²) >= 11 is 0. The Labute approximate surface area is 219 Å². The first kappa shape index (κ1) is 22.5. The van der Waals surface area contributed by atoms with Gasteiger partial charge in [-0.2, -0.15) is 0 Å². The molecule has 0 fully saturated rings. The molecule has 4 nitrogen and oxygen atoms in total. The van der Waals surface area contributed by atoms with Crippen LogP contribution in [-0.4, -0.2) is 20.4 Å². The molecule has 0 bridgehead atoms. The lowest BCUT2D eigenvalue weighted by Gasteiger charge is -2.29. The van der Waals surface area contributed by atoms with Gasteiger partial charge in [0, 0.05) is 16.3 Å². The zero-order valence-corrected chi connectivity index (χ0v) is 20.6. The molecule has 0 aliphatic heterocycles. The Kier molecular flexibility index (Phi) is 4.98. The van der Waals surface area contributed by atoms with Crippen molar-refractivity contribution in [2.24, 2.45) is 5.92 Å². The molecule has 38 heavy (non-hydrogen) atoms. The SMILES string of the molecule is Oc1c(O)c(O)c2c(-c3ccccc3)c3ccccc3c(C3=c4ccccc4=C4C=CCCC4C3)c2c1O. The number of phenolic OH excluding ortho intramolecular Hbond substituents is 4. The standard InChI is InChI=1S/C34H26O4/c35-31-29-27(19-10-2-1-3-11-19)24-16-8-9-17-25(24)28(30(29)32(36)34(38)33(31)37)26-18-20-12-4-5-13-21(20)22-14-6-7-15-23(22)26/h1-3,5-11,13-17,20,35-38H,4,12,18H2. The maximum atomic E-state index is 11.4. The van der Waals surface area contributed by atoms with Crippen LogP contribution in [0.1, 0.15) is 24.8 Å². The number of benzene rings is 5. The molecule has 4 heteroatoms. The van der Waals surface area contributed by atoms with Crippen molar-refractivity contribution in [1.82, 2.24) is 0 Å². The lowest BCUT2D eigenvalue weighted by atomic mass is 9.75. The summed E-state index contributed by atoms with van der Waals surface area (Å²) in [5.41, 5.74) is 4.70. The van der Waals surface area contributed by atoms with Gasteiger partial charge in [-0.1, -0.05) is 91.0 Å². The Morgan fingerprint density at radius 2 is 1.16 bits per heavy atom. The van der Waals surface area contributed by atoms with Crippen LogP contribution >= 0.6 is 0 Å². The van der Waals surface area contributed by atoms with Crippen LogP contribution in [0.15, 0.2) is 91.0 Å². The lowest BCUT2D eigenvalue weighted by molar-refractivity contribution is 0.351. The van der Waals surface area contributed by atoms with Crippen LogP contribution in [0.4, 0.5) is 0 Å². The second-order valence-corrected chi connectivity index (χ2v) is 10.2. The van der Waals surface area contributed by atoms with Gasteiger partial charge in [0.05, 0.1) is 0 Å². The maximum absolute atomic E-state index is 11.4. The molecular formula is C34H26O4. The van der Waals surface area contributed by atoms with E-state index in [1.165, 1.54) is 10.8 Å². The van der Waals surface area contributed by atoms with Crippen molar-refractivity contribution in [3.63, 3.8) is 0 Å². The number of fused-ring (bicyclic) bond motifs is 4. The highest BCUT2D eigenvalue weighted by Crippen LogP contribution is 2.56. The van der Waals surface area contributed by atoms with Crippen molar-refractivity contribution in [3.05, 3.63) is 107 Å². The van der Waals surface area contributed by atoms with Crippen molar-refractivity contribution in [1.29, 1.82) is 0 Å². The smallest absolute Gasteiger partial charge is 0.204 e. The molecule has 0 aromatic heterocycles. The summed E-state index contributed by atoms with van der Waals surface area (Å²) in [5, 5.41) is 48.9. The predicted octanol–water partition coefficient (Wildman–Crippen LogP) is 6.20. The molecule has 186 valence electrons. The van der Waals surface area contributed by atoms with Crippen LogP contribution in [0, 0.1) is 5.92 Å². The first-order chi connectivity index (χ1) is 18.6. The van der Waals surface area contributed by atoms with E-state index in [1.807, 2.05) is 60.7 Å². The normalized spacial score (nSPS) is 16.6. The van der Waals surface area contributed by atoms with Gasteiger partial charge in [-0.15, -0.1) is 0 Å². The first-order valence-electron chi connectivity index (χ1n) is 12.9. The molecule has 7 rings (SSSR count). The fraction of sp³-hybridized carbons (Fsp3) is 0.118. The van der Waals surface area contributed by atoms with Crippen LogP contribution in [-0.2, 0) is 0 Å². The van der Waals surface area contributed by atoms with E-state index in [-0.39, 0.29) is 0 Å². The van der Waals surface area contributed by atoms with Gasteiger partial charge in [0.25, 0.3) is 0 Å². The van der Waals surface area contributed by atoms with Crippen LogP contribution in [0.5, 0.6) is 23.0 Å². The molecule has 1 unspecified atom stereocenters. The Hall–Kier alpha value is -4.70. The number of rotatable bonds is 2. The minimum atomic E-state index is -0.726. The molecular weight excluding hydrogens is 472 g/mol. The molecule has 0 radical (unpaired) electrons. The number of aromatic hydroxyl groups is 4. The molecule has 2 aliphatic rings. The van der Waals surface area contributed by atoms with Crippen LogP contribution in [0.2, 0.25) is 0 Å². The Morgan fingerprint density at radius 1 is 0.579 bits per heavy atom. The average Bonchev–Trinajstić information content (AvgIpc) is 2.97. The Balaban J connectivity index is 1.77. The topological polar surface area (TPSA) is 80.9 Å². The zero-order valence-electron chi connectivity index (χ0n) is 20.6. The second-order valence-electron chi connectivity index (χ2n) is 10.2. The maximum Gasteiger partial charge on any atom is 0.204 e. The van der Waals surface area contributed by atoms with Gasteiger partial charge in [0.15, 0.2) is 11.5 Å². The Bertz CT molecular complexity index is 1930. The molecule has 5 aromatic rings. The zero-order chi connectivity index (χ0) is 26.0. The van der Waals surface area contributed by atoms with Gasteiger partial charge in [-0.25, -0.2) is 0 Å². The molecule has 5 aromatic carbocycles. The highest BCUT2D eigenvalue weighted by molar-refractivity contribution is 6.23. The molecule has 0 spiro atoms. The third-order valence-electron chi connectivity index (χ3n) is 8.16. The average molecular weight is 499 g/mol. The van der Waals surface area contributed by atoms with Crippen LogP contribution < -0.4 is 10.4 Å². The summed E-state index contributed by atoms with van der Waals surface area (Å²) < 4.78 is 0. The van der Waals surface area contributed by atoms with Crippen LogP contribution in [0.3, 0.4) is 0 Å². The van der Waals surface area contributed by atoms with E-state index in [2.05, 4.69) is 30.4 Å². The van der Waals surface area contributed by atoms with Gasteiger partial charge < -0.3 is 20.4 Å². The summed E-state index contributed by atoms with van der Waals surface area (Å²) in [6.07, 6.45) is 7.29. The molecule has 1 atom stereocenters. The fourth-order valence-electron chi connectivity index (χ4n) is 6.50. The number of hydrogen-bond donors (Lipinski definition) is 4. The third-order valence-corrected chi connectivity index (χ3v) is 8.16. The van der Waals surface area contributed by atoms with Gasteiger partial charge in [-0.3, -0.25) is 0 Å². The van der Waals surface area contributed by atoms with Crippen molar-refractivity contribution >= 4 is 32.7 Å². The van der Waals surface area contributed by atoms with E-state index in [0.717, 1.165) is 52.0 Å². The summed E-state index contributed by atoms with van der Waals surface area (Å²) in [7, 11) is 0. The monoisotopic (exact) mass is 498 g/mol. The predicted molar refractivity (Wildman–Crippen MR) is 152 cm³/mol. The molecule has 0 saturated carbocycles. The highest BCUT2D eigenvalue weighted by Gasteiger charge is 2.30. The quantitative estimate of drug-likeness (QED) is 0.133. The highest BCUT2D eigenvalue weighted by atomic mass is 16.3. The summed E-state index contributed by atoms with van der Waals surface area (Å²) in [6, 6.07) is 26.0. The first-order valence-corrected chi connectivity index (χ1v) is 12.9. The third kappa shape index (κ3) is 3.10. The van der Waals surface area contributed by atoms with Crippen molar-refractivity contribution in [2.45, 2.75) is 19.3 Å². The molecule has 0 amide bonds. The summed E-state index contributed by atoms with van der Waals surface area (Å²) in [6.45, 7) is 0. The van der Waals surface area contributed by atoms with Crippen LogP contribution in [0.25, 0.3) is 43.8 Å². The lowest BCUT2D eigenvalue weighted by Crippen LogP contribution is -2.36. The number of phenols is 4. The van der Waals surface area contributed by atoms with Crippen molar-refractivity contribution < 1.29 is 20.4 Å². The van der Waals surface area contributed by atoms with E-state index < -0.39 is 23.0 Å². The van der Waals surface area contributed by atoms with E-state index in [1.54, 1.807) is 0 Å². The van der Waals surface area contributed by atoms with E-state index >= 15 is 0 Å². The van der Waals surface area contributed by atoms with E-state index in [0.29, 0.717) is 22.3 Å². The van der Waals surface area contributed by atoms with Gasteiger partial charge in [-0.05, 0) is 68.7 Å². The summed E-state index contributed by atoms with van der Waals surface area (Å²) in [4.78, 5) is 0. The number of allylic oxidation sites excluding steroid dienone is 2. The minimum absolute atomic E-state index is 0.320. The van der Waals surface area contributed by atoms with Gasteiger partial charge in [0.1, 0.15) is 0 Å². The van der Waals surface area contributed by atoms with Crippen molar-refractivity contribution in [3.8, 4) is 34.1 Å². The molecule has 4 N–H and O–H groups in total. The Morgan fingerprint density at radius 3 is 1.87 bits per heavy atom. The molecule has 0 saturated heterocycles. The molecule has 0 heterocycles.